The first-order valence-corrected chi connectivity index (χ1v) is 6.88. The van der Waals surface area contributed by atoms with Crippen LogP contribution in [0.3, 0.4) is 0 Å². The third-order valence-corrected chi connectivity index (χ3v) is 3.87. The van der Waals surface area contributed by atoms with E-state index < -0.39 is 0 Å². The minimum Gasteiger partial charge on any atom is -0.394 e. The zero-order valence-electron chi connectivity index (χ0n) is 10.4. The zero-order valence-corrected chi connectivity index (χ0v) is 11.3. The van der Waals surface area contributed by atoms with E-state index in [2.05, 4.69) is 12.6 Å². The first kappa shape index (κ1) is 13.4. The van der Waals surface area contributed by atoms with Crippen molar-refractivity contribution in [1.82, 2.24) is 4.90 Å². The van der Waals surface area contributed by atoms with Crippen LogP contribution in [0.15, 0.2) is 29.2 Å². The summed E-state index contributed by atoms with van der Waals surface area (Å²) < 4.78 is 0. The minimum atomic E-state index is -0.0482. The third-order valence-electron chi connectivity index (χ3n) is 3.48. The van der Waals surface area contributed by atoms with Gasteiger partial charge in [0.1, 0.15) is 0 Å². The number of aliphatic hydroxyl groups excluding tert-OH is 1. The molecule has 3 nitrogen and oxygen atoms in total. The quantitative estimate of drug-likeness (QED) is 0.806. The lowest BCUT2D eigenvalue weighted by Gasteiger charge is -2.29. The molecule has 98 valence electrons. The van der Waals surface area contributed by atoms with Gasteiger partial charge in [-0.2, -0.15) is 0 Å². The van der Waals surface area contributed by atoms with E-state index in [0.29, 0.717) is 10.5 Å². The number of aliphatic hydroxyl groups is 1. The van der Waals surface area contributed by atoms with Gasteiger partial charge in [0.2, 0.25) is 0 Å². The van der Waals surface area contributed by atoms with E-state index in [9.17, 15) is 9.90 Å². The Balaban J connectivity index is 2.23. The smallest absolute Gasteiger partial charge is 0.255 e. The van der Waals surface area contributed by atoms with Crippen molar-refractivity contribution < 1.29 is 9.90 Å². The molecule has 0 spiro atoms. The highest BCUT2D eigenvalue weighted by Gasteiger charge is 2.26. The van der Waals surface area contributed by atoms with Crippen molar-refractivity contribution in [3.05, 3.63) is 29.8 Å². The van der Waals surface area contributed by atoms with Crippen molar-refractivity contribution in [2.24, 2.45) is 0 Å². The number of hydrogen-bond acceptors (Lipinski definition) is 3. The van der Waals surface area contributed by atoms with Gasteiger partial charge in [0.05, 0.1) is 18.2 Å². The molecule has 1 aromatic rings. The van der Waals surface area contributed by atoms with Crippen LogP contribution in [0.4, 0.5) is 0 Å². The molecule has 1 atom stereocenters. The molecule has 0 aromatic heterocycles. The Morgan fingerprint density at radius 2 is 2.11 bits per heavy atom. The van der Waals surface area contributed by atoms with Gasteiger partial charge in [-0.1, -0.05) is 25.0 Å². The largest absolute Gasteiger partial charge is 0.394 e. The third kappa shape index (κ3) is 2.87. The maximum Gasteiger partial charge on any atom is 0.255 e. The second kappa shape index (κ2) is 6.25. The summed E-state index contributed by atoms with van der Waals surface area (Å²) in [4.78, 5) is 15.0. The number of carbonyl (C=O) groups is 1. The first-order valence-electron chi connectivity index (χ1n) is 6.44. The maximum absolute atomic E-state index is 12.5. The van der Waals surface area contributed by atoms with Crippen LogP contribution in [0.25, 0.3) is 0 Å². The Hall–Kier alpha value is -1.00. The van der Waals surface area contributed by atoms with Gasteiger partial charge in [-0.25, -0.2) is 0 Å². The lowest BCUT2D eigenvalue weighted by atomic mass is 10.1. The molecule has 0 bridgehead atoms. The zero-order chi connectivity index (χ0) is 13.0. The Morgan fingerprint density at radius 3 is 2.83 bits per heavy atom. The standard InChI is InChI=1S/C14H19NO2S/c16-10-11-6-2-1-5-9-15(11)14(17)12-7-3-4-8-13(12)18/h3-4,7-8,11,16,18H,1-2,5-6,9-10H2. The van der Waals surface area contributed by atoms with Crippen molar-refractivity contribution in [3.8, 4) is 0 Å². The molecule has 1 fully saturated rings. The highest BCUT2D eigenvalue weighted by Crippen LogP contribution is 2.21. The average molecular weight is 265 g/mol. The van der Waals surface area contributed by atoms with Crippen LogP contribution in [0.2, 0.25) is 0 Å². The van der Waals surface area contributed by atoms with E-state index in [1.807, 2.05) is 23.1 Å². The average Bonchev–Trinajstić information content (AvgIpc) is 2.63. The van der Waals surface area contributed by atoms with Crippen molar-refractivity contribution in [2.75, 3.05) is 13.2 Å². The molecular weight excluding hydrogens is 246 g/mol. The second-order valence-corrected chi connectivity index (χ2v) is 5.18. The molecule has 4 heteroatoms. The Bertz CT molecular complexity index is 422. The first-order chi connectivity index (χ1) is 8.74. The van der Waals surface area contributed by atoms with E-state index in [4.69, 9.17) is 0 Å². The molecule has 1 aromatic carbocycles. The summed E-state index contributed by atoms with van der Waals surface area (Å²) in [7, 11) is 0. The summed E-state index contributed by atoms with van der Waals surface area (Å²) in [6.07, 6.45) is 4.11. The van der Waals surface area contributed by atoms with Gasteiger partial charge in [0.25, 0.3) is 5.91 Å². The number of hydrogen-bond donors (Lipinski definition) is 2. The van der Waals surface area contributed by atoms with E-state index in [0.717, 1.165) is 32.2 Å². The van der Waals surface area contributed by atoms with Crippen LogP contribution in [0, 0.1) is 0 Å². The second-order valence-electron chi connectivity index (χ2n) is 4.70. The van der Waals surface area contributed by atoms with Crippen LogP contribution >= 0.6 is 12.6 Å². The lowest BCUT2D eigenvalue weighted by molar-refractivity contribution is 0.0596. The number of nitrogens with zero attached hydrogens (tertiary/aromatic N) is 1. The van der Waals surface area contributed by atoms with Crippen molar-refractivity contribution in [2.45, 2.75) is 36.6 Å². The normalized spacial score (nSPS) is 20.6. The molecule has 0 saturated carbocycles. The fraction of sp³-hybridized carbons (Fsp3) is 0.500. The maximum atomic E-state index is 12.5. The Labute approximate surface area is 113 Å². The van der Waals surface area contributed by atoms with Crippen LogP contribution in [0.1, 0.15) is 36.0 Å². The molecule has 2 rings (SSSR count). The molecule has 0 aliphatic carbocycles. The summed E-state index contributed by atoms with van der Waals surface area (Å²) in [5.41, 5.74) is 0.626. The van der Waals surface area contributed by atoms with Gasteiger partial charge in [0, 0.05) is 11.4 Å². The van der Waals surface area contributed by atoms with Gasteiger partial charge >= 0.3 is 0 Å². The van der Waals surface area contributed by atoms with Crippen LogP contribution in [0.5, 0.6) is 0 Å². The van der Waals surface area contributed by atoms with Crippen molar-refractivity contribution >= 4 is 18.5 Å². The van der Waals surface area contributed by atoms with Crippen molar-refractivity contribution in [3.63, 3.8) is 0 Å². The Morgan fingerprint density at radius 1 is 1.33 bits per heavy atom. The molecule has 1 saturated heterocycles. The van der Waals surface area contributed by atoms with Gasteiger partial charge in [-0.05, 0) is 25.0 Å². The summed E-state index contributed by atoms with van der Waals surface area (Å²) in [5, 5.41) is 9.44. The molecule has 0 radical (unpaired) electrons. The topological polar surface area (TPSA) is 40.5 Å². The lowest BCUT2D eigenvalue weighted by Crippen LogP contribution is -2.42. The number of amides is 1. The number of carbonyl (C=O) groups excluding carboxylic acids is 1. The number of thiol groups is 1. The highest BCUT2D eigenvalue weighted by atomic mass is 32.1. The molecule has 1 N–H and O–H groups in total. The van der Waals surface area contributed by atoms with E-state index in [1.165, 1.54) is 0 Å². The predicted molar refractivity (Wildman–Crippen MR) is 74.1 cm³/mol. The summed E-state index contributed by atoms with van der Waals surface area (Å²) in [6, 6.07) is 7.28. The van der Waals surface area contributed by atoms with E-state index >= 15 is 0 Å². The number of benzene rings is 1. The molecule has 1 unspecified atom stereocenters. The molecule has 1 aliphatic heterocycles. The van der Waals surface area contributed by atoms with E-state index in [1.54, 1.807) is 6.07 Å². The number of likely N-dealkylation sites (tertiary alicyclic amines) is 1. The van der Waals surface area contributed by atoms with Crippen LogP contribution in [-0.4, -0.2) is 35.1 Å². The SMILES string of the molecule is O=C(c1ccccc1S)N1CCCCCC1CO. The molecule has 18 heavy (non-hydrogen) atoms. The minimum absolute atomic E-state index is 0.0125. The fourth-order valence-electron chi connectivity index (χ4n) is 2.44. The van der Waals surface area contributed by atoms with Gasteiger partial charge in [-0.15, -0.1) is 12.6 Å². The summed E-state index contributed by atoms with van der Waals surface area (Å²) >= 11 is 4.33. The summed E-state index contributed by atoms with van der Waals surface area (Å²) in [5.74, 6) is -0.0125. The van der Waals surface area contributed by atoms with Crippen LogP contribution in [-0.2, 0) is 0 Å². The predicted octanol–water partition coefficient (Wildman–Crippen LogP) is 2.35. The van der Waals surface area contributed by atoms with Crippen LogP contribution < -0.4 is 0 Å². The van der Waals surface area contributed by atoms with Crippen molar-refractivity contribution in [1.29, 1.82) is 0 Å². The Kier molecular flexibility index (Phi) is 4.66. The number of rotatable bonds is 2. The molecule has 1 aliphatic rings. The van der Waals surface area contributed by atoms with E-state index in [-0.39, 0.29) is 18.6 Å². The van der Waals surface area contributed by atoms with Gasteiger partial charge < -0.3 is 10.0 Å². The summed E-state index contributed by atoms with van der Waals surface area (Å²) in [6.45, 7) is 0.770. The van der Waals surface area contributed by atoms with Gasteiger partial charge in [0.15, 0.2) is 0 Å². The van der Waals surface area contributed by atoms with Gasteiger partial charge in [-0.3, -0.25) is 4.79 Å². The fourth-order valence-corrected chi connectivity index (χ4v) is 2.70. The molecular formula is C14H19NO2S. The molecule has 1 amide bonds. The monoisotopic (exact) mass is 265 g/mol. The highest BCUT2D eigenvalue weighted by molar-refractivity contribution is 7.80. The molecule has 1 heterocycles.